The number of carbonyl (C=O) groups is 1. The SMILES string of the molecule is COCC[C@@H](NC(=O)Nc1cc(N)c(C(=N)OC2CCC(C#N)CC2)cn1)c1ccccc1. The van der Waals surface area contributed by atoms with E-state index in [4.69, 9.17) is 25.9 Å². The van der Waals surface area contributed by atoms with Crippen LogP contribution in [0.4, 0.5) is 16.3 Å². The summed E-state index contributed by atoms with van der Waals surface area (Å²) in [4.78, 5) is 16.8. The number of benzene rings is 1. The van der Waals surface area contributed by atoms with Gasteiger partial charge in [0.25, 0.3) is 0 Å². The molecule has 0 unspecified atom stereocenters. The fraction of sp³-hybridized carbons (Fsp3) is 0.417. The van der Waals surface area contributed by atoms with Gasteiger partial charge in [-0.1, -0.05) is 30.3 Å². The summed E-state index contributed by atoms with van der Waals surface area (Å²) in [7, 11) is 1.62. The number of methoxy groups -OCH3 is 1. The van der Waals surface area contributed by atoms with Gasteiger partial charge in [0.15, 0.2) is 0 Å². The monoisotopic (exact) mass is 450 g/mol. The number of hydrogen-bond donors (Lipinski definition) is 4. The van der Waals surface area contributed by atoms with Crippen LogP contribution in [0.15, 0.2) is 42.6 Å². The van der Waals surface area contributed by atoms with Crippen molar-refractivity contribution in [2.45, 2.75) is 44.2 Å². The second-order valence-corrected chi connectivity index (χ2v) is 8.05. The van der Waals surface area contributed by atoms with Crippen LogP contribution in [0.25, 0.3) is 0 Å². The van der Waals surface area contributed by atoms with Crippen molar-refractivity contribution in [1.29, 1.82) is 10.7 Å². The molecule has 5 N–H and O–H groups in total. The van der Waals surface area contributed by atoms with Crippen molar-refractivity contribution in [2.75, 3.05) is 24.8 Å². The maximum atomic E-state index is 12.6. The zero-order valence-corrected chi connectivity index (χ0v) is 18.7. The summed E-state index contributed by atoms with van der Waals surface area (Å²) >= 11 is 0. The molecule has 1 fully saturated rings. The molecule has 1 saturated carbocycles. The molecule has 33 heavy (non-hydrogen) atoms. The molecule has 9 nitrogen and oxygen atoms in total. The number of nitrogens with two attached hydrogens (primary N) is 1. The van der Waals surface area contributed by atoms with Crippen LogP contribution in [0.5, 0.6) is 0 Å². The number of urea groups is 1. The molecule has 1 aliphatic rings. The van der Waals surface area contributed by atoms with Gasteiger partial charge in [-0.25, -0.2) is 9.78 Å². The number of ether oxygens (including phenoxy) is 2. The van der Waals surface area contributed by atoms with Crippen molar-refractivity contribution < 1.29 is 14.3 Å². The van der Waals surface area contributed by atoms with E-state index in [9.17, 15) is 4.79 Å². The predicted octanol–water partition coefficient (Wildman–Crippen LogP) is 3.99. The average Bonchev–Trinajstić information content (AvgIpc) is 2.82. The highest BCUT2D eigenvalue weighted by Crippen LogP contribution is 2.27. The second kappa shape index (κ2) is 11.8. The molecule has 1 heterocycles. The van der Waals surface area contributed by atoms with Gasteiger partial charge in [0, 0.05) is 37.6 Å². The molecule has 0 spiro atoms. The molecule has 3 rings (SSSR count). The van der Waals surface area contributed by atoms with Crippen LogP contribution < -0.4 is 16.4 Å². The van der Waals surface area contributed by atoms with E-state index in [1.807, 2.05) is 30.3 Å². The van der Waals surface area contributed by atoms with Gasteiger partial charge in [-0.2, -0.15) is 5.26 Å². The smallest absolute Gasteiger partial charge is 0.320 e. The zero-order chi connectivity index (χ0) is 23.6. The molecular formula is C24H30N6O3. The van der Waals surface area contributed by atoms with E-state index in [-0.39, 0.29) is 35.5 Å². The molecule has 1 aromatic heterocycles. The number of pyridine rings is 1. The number of rotatable bonds is 8. The van der Waals surface area contributed by atoms with E-state index in [1.165, 1.54) is 12.3 Å². The van der Waals surface area contributed by atoms with Gasteiger partial charge in [-0.3, -0.25) is 10.7 Å². The van der Waals surface area contributed by atoms with Crippen LogP contribution in [0.2, 0.25) is 0 Å². The van der Waals surface area contributed by atoms with Gasteiger partial charge < -0.3 is 20.5 Å². The van der Waals surface area contributed by atoms with Crippen LogP contribution >= 0.6 is 0 Å². The quantitative estimate of drug-likeness (QED) is 0.353. The Morgan fingerprint density at radius 3 is 2.67 bits per heavy atom. The van der Waals surface area contributed by atoms with Gasteiger partial charge in [0.1, 0.15) is 11.9 Å². The highest BCUT2D eigenvalue weighted by atomic mass is 16.5. The third kappa shape index (κ3) is 6.92. The summed E-state index contributed by atoms with van der Waals surface area (Å²) in [5, 5.41) is 22.9. The lowest BCUT2D eigenvalue weighted by molar-refractivity contribution is 0.130. The minimum Gasteiger partial charge on any atom is -0.474 e. The van der Waals surface area contributed by atoms with Gasteiger partial charge >= 0.3 is 6.03 Å². The predicted molar refractivity (Wildman–Crippen MR) is 126 cm³/mol. The topological polar surface area (TPSA) is 146 Å². The highest BCUT2D eigenvalue weighted by Gasteiger charge is 2.24. The summed E-state index contributed by atoms with van der Waals surface area (Å²) in [6.45, 7) is 0.500. The Balaban J connectivity index is 1.58. The summed E-state index contributed by atoms with van der Waals surface area (Å²) < 4.78 is 10.9. The molecule has 0 radical (unpaired) electrons. The Bertz CT molecular complexity index is 983. The molecule has 0 saturated heterocycles. The van der Waals surface area contributed by atoms with Crippen molar-refractivity contribution >= 4 is 23.4 Å². The van der Waals surface area contributed by atoms with Crippen LogP contribution in [0, 0.1) is 22.7 Å². The maximum absolute atomic E-state index is 12.6. The Labute approximate surface area is 193 Å². The zero-order valence-electron chi connectivity index (χ0n) is 18.7. The fourth-order valence-electron chi connectivity index (χ4n) is 3.82. The largest absolute Gasteiger partial charge is 0.474 e. The Kier molecular flexibility index (Phi) is 8.61. The number of nitriles is 1. The highest BCUT2D eigenvalue weighted by molar-refractivity contribution is 5.98. The van der Waals surface area contributed by atoms with Crippen LogP contribution in [-0.4, -0.2) is 36.7 Å². The van der Waals surface area contributed by atoms with Crippen LogP contribution in [0.3, 0.4) is 0 Å². The molecule has 0 bridgehead atoms. The number of anilines is 2. The molecule has 0 aliphatic heterocycles. The average molecular weight is 451 g/mol. The van der Waals surface area contributed by atoms with Gasteiger partial charge in [0.05, 0.1) is 17.7 Å². The number of nitrogens with zero attached hydrogens (tertiary/aromatic N) is 2. The van der Waals surface area contributed by atoms with Crippen LogP contribution in [0.1, 0.15) is 49.3 Å². The first-order chi connectivity index (χ1) is 16.0. The lowest BCUT2D eigenvalue weighted by Crippen LogP contribution is -2.33. The minimum atomic E-state index is -0.416. The third-order valence-corrected chi connectivity index (χ3v) is 5.68. The third-order valence-electron chi connectivity index (χ3n) is 5.68. The minimum absolute atomic E-state index is 0.0554. The van der Waals surface area contributed by atoms with Gasteiger partial charge in [0.2, 0.25) is 5.90 Å². The molecule has 2 amide bonds. The maximum Gasteiger partial charge on any atom is 0.320 e. The first kappa shape index (κ1) is 24.0. The fourth-order valence-corrected chi connectivity index (χ4v) is 3.82. The van der Waals surface area contributed by atoms with Crippen molar-refractivity contribution in [1.82, 2.24) is 10.3 Å². The number of amides is 2. The van der Waals surface area contributed by atoms with E-state index in [0.29, 0.717) is 18.6 Å². The lowest BCUT2D eigenvalue weighted by Gasteiger charge is -2.26. The van der Waals surface area contributed by atoms with E-state index >= 15 is 0 Å². The van der Waals surface area contributed by atoms with Gasteiger partial charge in [-0.05, 0) is 37.7 Å². The van der Waals surface area contributed by atoms with Crippen LogP contribution in [-0.2, 0) is 9.47 Å². The Morgan fingerprint density at radius 2 is 2.03 bits per heavy atom. The molecule has 1 aliphatic carbocycles. The summed E-state index contributed by atoms with van der Waals surface area (Å²) in [6, 6.07) is 12.8. The first-order valence-corrected chi connectivity index (χ1v) is 11.0. The molecule has 1 aromatic carbocycles. The molecular weight excluding hydrogens is 420 g/mol. The number of hydrogen-bond acceptors (Lipinski definition) is 7. The van der Waals surface area contributed by atoms with E-state index in [2.05, 4.69) is 21.7 Å². The first-order valence-electron chi connectivity index (χ1n) is 11.0. The Hall–Kier alpha value is -3.64. The summed E-state index contributed by atoms with van der Waals surface area (Å²) in [5.41, 5.74) is 7.74. The van der Waals surface area contributed by atoms with Crippen molar-refractivity contribution in [3.05, 3.63) is 53.7 Å². The number of nitrogens with one attached hydrogen (secondary N) is 3. The van der Waals surface area contributed by atoms with Gasteiger partial charge in [-0.15, -0.1) is 0 Å². The number of aromatic nitrogens is 1. The lowest BCUT2D eigenvalue weighted by atomic mass is 9.88. The van der Waals surface area contributed by atoms with Crippen molar-refractivity contribution in [3.63, 3.8) is 0 Å². The second-order valence-electron chi connectivity index (χ2n) is 8.05. The number of carbonyl (C=O) groups excluding carboxylic acids is 1. The van der Waals surface area contributed by atoms with Crippen molar-refractivity contribution in [3.8, 4) is 6.07 Å². The standard InChI is InChI=1S/C24H30N6O3/c1-32-12-11-21(17-5-3-2-4-6-17)29-24(31)30-22-13-20(26)19(15-28-22)23(27)33-18-9-7-16(14-25)8-10-18/h2-6,13,15-16,18,21,27H,7-12H2,1H3,(H4,26,28,29,30,31)/t16?,18?,21-/m1/s1. The molecule has 2 aromatic rings. The van der Waals surface area contributed by atoms with E-state index < -0.39 is 6.03 Å². The number of nitrogen functional groups attached to an aromatic ring is 1. The summed E-state index contributed by atoms with van der Waals surface area (Å²) in [6.07, 6.45) is 4.95. The van der Waals surface area contributed by atoms with E-state index in [1.54, 1.807) is 7.11 Å². The molecule has 174 valence electrons. The molecule has 9 heteroatoms. The van der Waals surface area contributed by atoms with E-state index in [0.717, 1.165) is 31.2 Å². The normalized spacial score (nSPS) is 18.5. The molecule has 1 atom stereocenters. The van der Waals surface area contributed by atoms with Crippen molar-refractivity contribution in [2.24, 2.45) is 5.92 Å². The Morgan fingerprint density at radius 1 is 1.30 bits per heavy atom. The summed E-state index contributed by atoms with van der Waals surface area (Å²) in [5.74, 6) is 0.285.